The highest BCUT2D eigenvalue weighted by Crippen LogP contribution is 2.18. The molecule has 1 aromatic carbocycles. The van der Waals surface area contributed by atoms with Crippen molar-refractivity contribution in [3.63, 3.8) is 0 Å². The Hall–Kier alpha value is -2.10. The first-order valence-corrected chi connectivity index (χ1v) is 5.44. The number of aryl methyl sites for hydroxylation is 2. The molecule has 0 aliphatic rings. The van der Waals surface area contributed by atoms with Gasteiger partial charge in [-0.05, 0) is 31.0 Å². The minimum atomic E-state index is -0.189. The van der Waals surface area contributed by atoms with Gasteiger partial charge in [0.05, 0.1) is 0 Å². The molecule has 1 heterocycles. The van der Waals surface area contributed by atoms with Gasteiger partial charge >= 0.3 is 0 Å². The van der Waals surface area contributed by atoms with Crippen molar-refractivity contribution in [2.24, 2.45) is 7.05 Å². The van der Waals surface area contributed by atoms with E-state index in [1.165, 1.54) is 0 Å². The SMILES string of the molecule is Cc1cccc(NC(=O)c2nccn2C)c1C. The standard InChI is InChI=1S/C13H15N3O/c1-9-5-4-6-11(10(9)2)15-13(17)12-14-7-8-16(12)3/h4-8H,1-3H3,(H,15,17). The molecule has 0 spiro atoms. The number of hydrogen-bond donors (Lipinski definition) is 1. The van der Waals surface area contributed by atoms with E-state index >= 15 is 0 Å². The number of imidazole rings is 1. The van der Waals surface area contributed by atoms with Gasteiger partial charge in [-0.15, -0.1) is 0 Å². The summed E-state index contributed by atoms with van der Waals surface area (Å²) in [5.74, 6) is 0.220. The Labute approximate surface area is 100 Å². The lowest BCUT2D eigenvalue weighted by atomic mass is 10.1. The largest absolute Gasteiger partial charge is 0.330 e. The molecular formula is C13H15N3O. The summed E-state index contributed by atoms with van der Waals surface area (Å²) in [6, 6.07) is 5.84. The van der Waals surface area contributed by atoms with Gasteiger partial charge in [0.2, 0.25) is 0 Å². The third kappa shape index (κ3) is 2.20. The lowest BCUT2D eigenvalue weighted by Crippen LogP contribution is -2.17. The van der Waals surface area contributed by atoms with E-state index in [9.17, 15) is 4.79 Å². The number of nitrogens with zero attached hydrogens (tertiary/aromatic N) is 2. The van der Waals surface area contributed by atoms with Gasteiger partial charge < -0.3 is 9.88 Å². The van der Waals surface area contributed by atoms with Gasteiger partial charge in [0.1, 0.15) is 0 Å². The van der Waals surface area contributed by atoms with Crippen LogP contribution in [-0.2, 0) is 7.05 Å². The summed E-state index contributed by atoms with van der Waals surface area (Å²) in [7, 11) is 1.80. The molecule has 0 saturated heterocycles. The Morgan fingerprint density at radius 3 is 2.76 bits per heavy atom. The van der Waals surface area contributed by atoms with Gasteiger partial charge in [-0.2, -0.15) is 0 Å². The summed E-state index contributed by atoms with van der Waals surface area (Å²) in [5.41, 5.74) is 3.07. The summed E-state index contributed by atoms with van der Waals surface area (Å²) in [5, 5.41) is 2.87. The molecule has 0 bridgehead atoms. The maximum Gasteiger partial charge on any atom is 0.291 e. The number of nitrogens with one attached hydrogen (secondary N) is 1. The van der Waals surface area contributed by atoms with E-state index < -0.39 is 0 Å². The molecule has 17 heavy (non-hydrogen) atoms. The third-order valence-corrected chi connectivity index (χ3v) is 2.88. The smallest absolute Gasteiger partial charge is 0.291 e. The Morgan fingerprint density at radius 1 is 1.35 bits per heavy atom. The maximum atomic E-state index is 12.0. The second kappa shape index (κ2) is 4.41. The Bertz CT molecular complexity index is 558. The average molecular weight is 229 g/mol. The van der Waals surface area contributed by atoms with Crippen molar-refractivity contribution in [2.45, 2.75) is 13.8 Å². The van der Waals surface area contributed by atoms with Crippen molar-refractivity contribution >= 4 is 11.6 Å². The molecule has 0 atom stereocenters. The van der Waals surface area contributed by atoms with Crippen LogP contribution in [0.5, 0.6) is 0 Å². The van der Waals surface area contributed by atoms with Crippen LogP contribution in [-0.4, -0.2) is 15.5 Å². The number of anilines is 1. The van der Waals surface area contributed by atoms with Crippen LogP contribution in [0.1, 0.15) is 21.7 Å². The molecule has 0 saturated carbocycles. The van der Waals surface area contributed by atoms with Crippen molar-refractivity contribution in [1.82, 2.24) is 9.55 Å². The van der Waals surface area contributed by atoms with Crippen molar-refractivity contribution in [3.8, 4) is 0 Å². The molecular weight excluding hydrogens is 214 g/mol. The molecule has 4 heteroatoms. The molecule has 88 valence electrons. The number of rotatable bonds is 2. The first kappa shape index (κ1) is 11.4. The van der Waals surface area contributed by atoms with E-state index in [4.69, 9.17) is 0 Å². The molecule has 1 amide bonds. The molecule has 0 radical (unpaired) electrons. The van der Waals surface area contributed by atoms with Crippen LogP contribution >= 0.6 is 0 Å². The molecule has 0 fully saturated rings. The van der Waals surface area contributed by atoms with Gasteiger partial charge in [-0.1, -0.05) is 12.1 Å². The van der Waals surface area contributed by atoms with Gasteiger partial charge in [-0.25, -0.2) is 4.98 Å². The Kier molecular flexibility index (Phi) is 2.95. The molecule has 0 aliphatic heterocycles. The predicted octanol–water partition coefficient (Wildman–Crippen LogP) is 2.29. The van der Waals surface area contributed by atoms with Crippen molar-refractivity contribution < 1.29 is 4.79 Å². The number of carbonyl (C=O) groups excluding carboxylic acids is 1. The Balaban J connectivity index is 2.25. The molecule has 0 aliphatic carbocycles. The quantitative estimate of drug-likeness (QED) is 0.858. The zero-order chi connectivity index (χ0) is 12.4. The van der Waals surface area contributed by atoms with E-state index in [0.29, 0.717) is 5.82 Å². The van der Waals surface area contributed by atoms with E-state index in [1.807, 2.05) is 32.0 Å². The molecule has 1 aromatic heterocycles. The van der Waals surface area contributed by atoms with Crippen LogP contribution in [0, 0.1) is 13.8 Å². The fourth-order valence-electron chi connectivity index (χ4n) is 1.65. The lowest BCUT2D eigenvalue weighted by molar-refractivity contribution is 0.101. The first-order valence-electron chi connectivity index (χ1n) is 5.44. The molecule has 2 aromatic rings. The van der Waals surface area contributed by atoms with Crippen molar-refractivity contribution in [1.29, 1.82) is 0 Å². The van der Waals surface area contributed by atoms with Gasteiger partial charge in [0, 0.05) is 25.1 Å². The highest BCUT2D eigenvalue weighted by atomic mass is 16.2. The monoisotopic (exact) mass is 229 g/mol. The van der Waals surface area contributed by atoms with Crippen LogP contribution in [0.3, 0.4) is 0 Å². The van der Waals surface area contributed by atoms with E-state index in [0.717, 1.165) is 16.8 Å². The fraction of sp³-hybridized carbons (Fsp3) is 0.231. The lowest BCUT2D eigenvalue weighted by Gasteiger charge is -2.09. The van der Waals surface area contributed by atoms with Gasteiger partial charge in [-0.3, -0.25) is 4.79 Å². The minimum Gasteiger partial charge on any atom is -0.330 e. The van der Waals surface area contributed by atoms with E-state index in [-0.39, 0.29) is 5.91 Å². The highest BCUT2D eigenvalue weighted by molar-refractivity contribution is 6.02. The summed E-state index contributed by atoms with van der Waals surface area (Å²) in [4.78, 5) is 16.0. The maximum absolute atomic E-state index is 12.0. The normalized spacial score (nSPS) is 10.3. The summed E-state index contributed by atoms with van der Waals surface area (Å²) < 4.78 is 1.69. The number of benzene rings is 1. The minimum absolute atomic E-state index is 0.189. The molecule has 4 nitrogen and oxygen atoms in total. The summed E-state index contributed by atoms with van der Waals surface area (Å²) >= 11 is 0. The van der Waals surface area contributed by atoms with Gasteiger partial charge in [0.25, 0.3) is 5.91 Å². The topological polar surface area (TPSA) is 46.9 Å². The zero-order valence-electron chi connectivity index (χ0n) is 10.2. The second-order valence-electron chi connectivity index (χ2n) is 4.06. The summed E-state index contributed by atoms with van der Waals surface area (Å²) in [6.07, 6.45) is 3.36. The van der Waals surface area contributed by atoms with E-state index in [2.05, 4.69) is 10.3 Å². The van der Waals surface area contributed by atoms with Crippen LogP contribution in [0.4, 0.5) is 5.69 Å². The molecule has 0 unspecified atom stereocenters. The number of aromatic nitrogens is 2. The first-order chi connectivity index (χ1) is 8.09. The zero-order valence-corrected chi connectivity index (χ0v) is 10.2. The average Bonchev–Trinajstić information content (AvgIpc) is 2.71. The molecule has 2 rings (SSSR count). The van der Waals surface area contributed by atoms with Crippen LogP contribution in [0.25, 0.3) is 0 Å². The number of amides is 1. The fourth-order valence-corrected chi connectivity index (χ4v) is 1.65. The van der Waals surface area contributed by atoms with Gasteiger partial charge in [0.15, 0.2) is 5.82 Å². The summed E-state index contributed by atoms with van der Waals surface area (Å²) in [6.45, 7) is 4.01. The predicted molar refractivity (Wildman–Crippen MR) is 67.1 cm³/mol. The Morgan fingerprint density at radius 2 is 2.12 bits per heavy atom. The van der Waals surface area contributed by atoms with E-state index in [1.54, 1.807) is 24.0 Å². The highest BCUT2D eigenvalue weighted by Gasteiger charge is 2.12. The third-order valence-electron chi connectivity index (χ3n) is 2.88. The number of hydrogen-bond acceptors (Lipinski definition) is 2. The van der Waals surface area contributed by atoms with Crippen LogP contribution in [0.15, 0.2) is 30.6 Å². The van der Waals surface area contributed by atoms with Crippen LogP contribution in [0.2, 0.25) is 0 Å². The van der Waals surface area contributed by atoms with Crippen molar-refractivity contribution in [3.05, 3.63) is 47.5 Å². The number of carbonyl (C=O) groups is 1. The second-order valence-corrected chi connectivity index (χ2v) is 4.06. The molecule has 1 N–H and O–H groups in total. The van der Waals surface area contributed by atoms with Crippen LogP contribution < -0.4 is 5.32 Å². The van der Waals surface area contributed by atoms with Crippen molar-refractivity contribution in [2.75, 3.05) is 5.32 Å².